The van der Waals surface area contributed by atoms with Crippen LogP contribution in [0.2, 0.25) is 0 Å². The van der Waals surface area contributed by atoms with Crippen molar-refractivity contribution in [2.45, 2.75) is 6.04 Å². The van der Waals surface area contributed by atoms with Gasteiger partial charge in [-0.2, -0.15) is 0 Å². The van der Waals surface area contributed by atoms with E-state index in [0.717, 1.165) is 0 Å². The fourth-order valence-electron chi connectivity index (χ4n) is 1.93. The third kappa shape index (κ3) is 3.31. The van der Waals surface area contributed by atoms with Crippen LogP contribution in [-0.4, -0.2) is 32.2 Å². The van der Waals surface area contributed by atoms with Gasteiger partial charge in [0, 0.05) is 18.0 Å². The number of azide groups is 1. The number of primary amides is 1. The van der Waals surface area contributed by atoms with Gasteiger partial charge in [-0.15, -0.1) is 0 Å². The second kappa shape index (κ2) is 6.65. The molecule has 0 aliphatic carbocycles. The Balaban J connectivity index is 2.12. The molecule has 0 radical (unpaired) electrons. The van der Waals surface area contributed by atoms with Gasteiger partial charge in [-0.3, -0.25) is 4.79 Å². The summed E-state index contributed by atoms with van der Waals surface area (Å²) in [5, 5.41) is 6.33. The van der Waals surface area contributed by atoms with Crippen molar-refractivity contribution >= 4 is 5.91 Å². The number of rotatable bonds is 6. The van der Waals surface area contributed by atoms with Crippen LogP contribution < -0.4 is 20.5 Å². The zero-order valence-electron chi connectivity index (χ0n) is 10.8. The van der Waals surface area contributed by atoms with Gasteiger partial charge < -0.3 is 20.5 Å². The number of fused-ring (bicyclic) bond motifs is 1. The van der Waals surface area contributed by atoms with Crippen LogP contribution in [0.4, 0.5) is 0 Å². The first-order chi connectivity index (χ1) is 9.72. The van der Waals surface area contributed by atoms with Crippen LogP contribution in [-0.2, 0) is 4.79 Å². The van der Waals surface area contributed by atoms with Crippen molar-refractivity contribution in [3.8, 4) is 11.5 Å². The highest BCUT2D eigenvalue weighted by Gasteiger charge is 2.20. The van der Waals surface area contributed by atoms with Crippen LogP contribution >= 0.6 is 0 Å². The van der Waals surface area contributed by atoms with Gasteiger partial charge in [0.2, 0.25) is 5.91 Å². The monoisotopic (exact) mass is 277 g/mol. The number of nitrogens with zero attached hydrogens (tertiary/aromatic N) is 3. The lowest BCUT2D eigenvalue weighted by Crippen LogP contribution is -2.35. The molecule has 20 heavy (non-hydrogen) atoms. The summed E-state index contributed by atoms with van der Waals surface area (Å²) in [6.45, 7) is 1.58. The van der Waals surface area contributed by atoms with Gasteiger partial charge in [-0.25, -0.2) is 0 Å². The maximum atomic E-state index is 11.5. The van der Waals surface area contributed by atoms with E-state index in [9.17, 15) is 4.79 Å². The van der Waals surface area contributed by atoms with Gasteiger partial charge in [-0.1, -0.05) is 11.2 Å². The van der Waals surface area contributed by atoms with Crippen molar-refractivity contribution in [2.24, 2.45) is 10.8 Å². The quantitative estimate of drug-likeness (QED) is 0.347. The molecule has 1 aromatic carbocycles. The van der Waals surface area contributed by atoms with Gasteiger partial charge >= 0.3 is 0 Å². The second-order valence-corrected chi connectivity index (χ2v) is 4.15. The minimum absolute atomic E-state index is 0.241. The number of benzene rings is 1. The maximum absolute atomic E-state index is 11.5. The minimum Gasteiger partial charge on any atom is -0.486 e. The smallest absolute Gasteiger partial charge is 0.239 e. The Morgan fingerprint density at radius 2 is 2.20 bits per heavy atom. The number of carbonyl (C=O) groups excluding carboxylic acids is 1. The van der Waals surface area contributed by atoms with E-state index >= 15 is 0 Å². The van der Waals surface area contributed by atoms with Gasteiger partial charge in [0.15, 0.2) is 11.5 Å². The summed E-state index contributed by atoms with van der Waals surface area (Å²) in [6.07, 6.45) is 0. The van der Waals surface area contributed by atoms with Crippen LogP contribution in [0.1, 0.15) is 11.6 Å². The molecule has 1 amide bonds. The second-order valence-electron chi connectivity index (χ2n) is 4.15. The molecule has 0 bridgehead atoms. The van der Waals surface area contributed by atoms with Crippen LogP contribution in [0.5, 0.6) is 11.5 Å². The molecule has 1 aliphatic heterocycles. The molecule has 0 saturated carbocycles. The third-order valence-corrected chi connectivity index (χ3v) is 2.81. The van der Waals surface area contributed by atoms with Crippen LogP contribution in [0, 0.1) is 0 Å². The largest absolute Gasteiger partial charge is 0.486 e. The topological polar surface area (TPSA) is 122 Å². The molecule has 1 heterocycles. The summed E-state index contributed by atoms with van der Waals surface area (Å²) < 4.78 is 10.9. The Morgan fingerprint density at radius 3 is 2.90 bits per heavy atom. The Morgan fingerprint density at radius 1 is 1.45 bits per heavy atom. The number of hydrogen-bond donors (Lipinski definition) is 2. The van der Waals surface area contributed by atoms with Crippen LogP contribution in [0.15, 0.2) is 23.3 Å². The van der Waals surface area contributed by atoms with Gasteiger partial charge in [-0.05, 0) is 23.2 Å². The molecule has 1 unspecified atom stereocenters. The molecular weight excluding hydrogens is 262 g/mol. The van der Waals surface area contributed by atoms with Crippen molar-refractivity contribution in [3.63, 3.8) is 0 Å². The summed E-state index contributed by atoms with van der Waals surface area (Å²) in [6, 6.07) is 4.56. The number of hydrogen-bond acceptors (Lipinski definition) is 5. The zero-order valence-corrected chi connectivity index (χ0v) is 10.8. The van der Waals surface area contributed by atoms with E-state index in [-0.39, 0.29) is 6.54 Å². The predicted molar refractivity (Wildman–Crippen MR) is 71.4 cm³/mol. The Kier molecular flexibility index (Phi) is 4.65. The molecule has 1 atom stereocenters. The lowest BCUT2D eigenvalue weighted by Gasteiger charge is -2.21. The van der Waals surface area contributed by atoms with E-state index in [2.05, 4.69) is 15.3 Å². The van der Waals surface area contributed by atoms with Crippen molar-refractivity contribution in [3.05, 3.63) is 34.2 Å². The number of nitrogens with one attached hydrogen (secondary N) is 1. The number of ether oxygens (including phenoxy) is 2. The number of nitrogens with two attached hydrogens (primary N) is 1. The van der Waals surface area contributed by atoms with Crippen LogP contribution in [0.25, 0.3) is 10.4 Å². The lowest BCUT2D eigenvalue weighted by atomic mass is 10.1. The molecule has 2 rings (SSSR count). The fourth-order valence-corrected chi connectivity index (χ4v) is 1.93. The van der Waals surface area contributed by atoms with Crippen molar-refractivity contribution in [1.29, 1.82) is 0 Å². The molecular formula is C12H15N5O3. The summed E-state index contributed by atoms with van der Waals surface area (Å²) in [5.74, 6) is 0.733. The predicted octanol–water partition coefficient (Wildman–Crippen LogP) is 0.884. The first kappa shape index (κ1) is 14.0. The SMILES string of the molecule is [N-]=[N+]=NCCNC(C(N)=O)c1ccc2c(c1)OCCO2. The van der Waals surface area contributed by atoms with Crippen molar-refractivity contribution < 1.29 is 14.3 Å². The molecule has 0 fully saturated rings. The maximum Gasteiger partial charge on any atom is 0.239 e. The summed E-state index contributed by atoms with van der Waals surface area (Å²) in [5.41, 5.74) is 14.3. The van der Waals surface area contributed by atoms with Crippen LogP contribution in [0.3, 0.4) is 0 Å². The van der Waals surface area contributed by atoms with Gasteiger partial charge in [0.1, 0.15) is 19.3 Å². The number of amides is 1. The minimum atomic E-state index is -0.667. The summed E-state index contributed by atoms with van der Waals surface area (Å²) >= 11 is 0. The molecule has 1 aliphatic rings. The van der Waals surface area contributed by atoms with E-state index in [1.54, 1.807) is 18.2 Å². The van der Waals surface area contributed by atoms with E-state index in [4.69, 9.17) is 20.7 Å². The molecule has 8 nitrogen and oxygen atoms in total. The molecule has 3 N–H and O–H groups in total. The van der Waals surface area contributed by atoms with Gasteiger partial charge in [0.25, 0.3) is 0 Å². The van der Waals surface area contributed by atoms with Crippen molar-refractivity contribution in [1.82, 2.24) is 5.32 Å². The molecule has 1 aromatic rings. The van der Waals surface area contributed by atoms with E-state index in [1.807, 2.05) is 0 Å². The van der Waals surface area contributed by atoms with E-state index < -0.39 is 11.9 Å². The average molecular weight is 277 g/mol. The summed E-state index contributed by atoms with van der Waals surface area (Å²) in [4.78, 5) is 14.2. The summed E-state index contributed by atoms with van der Waals surface area (Å²) in [7, 11) is 0. The number of carbonyl (C=O) groups is 1. The van der Waals surface area contributed by atoms with Crippen molar-refractivity contribution in [2.75, 3.05) is 26.3 Å². The molecule has 0 aromatic heterocycles. The average Bonchev–Trinajstić information content (AvgIpc) is 2.46. The lowest BCUT2D eigenvalue weighted by molar-refractivity contribution is -0.120. The molecule has 8 heteroatoms. The highest BCUT2D eigenvalue weighted by molar-refractivity contribution is 5.81. The molecule has 106 valence electrons. The highest BCUT2D eigenvalue weighted by atomic mass is 16.6. The van der Waals surface area contributed by atoms with E-state index in [0.29, 0.717) is 36.8 Å². The van der Waals surface area contributed by atoms with E-state index in [1.165, 1.54) is 0 Å². The highest BCUT2D eigenvalue weighted by Crippen LogP contribution is 2.32. The zero-order chi connectivity index (χ0) is 14.4. The normalized spacial score (nSPS) is 14.2. The fraction of sp³-hybridized carbons (Fsp3) is 0.417. The first-order valence-corrected chi connectivity index (χ1v) is 6.15. The third-order valence-electron chi connectivity index (χ3n) is 2.81. The Hall–Kier alpha value is -2.44. The Labute approximate surface area is 115 Å². The first-order valence-electron chi connectivity index (χ1n) is 6.15. The Bertz CT molecular complexity index is 542. The van der Waals surface area contributed by atoms with Gasteiger partial charge in [0.05, 0.1) is 0 Å². The standard InChI is InChI=1S/C12H15N5O3/c13-12(18)11(15-3-4-16-17-14)8-1-2-9-10(7-8)20-6-5-19-9/h1-2,7,11,15H,3-6H2,(H2,13,18). The molecule has 0 saturated heterocycles. The molecule has 0 spiro atoms.